The van der Waals surface area contributed by atoms with E-state index in [2.05, 4.69) is 18.5 Å². The fourth-order valence-electron chi connectivity index (χ4n) is 7.81. The Morgan fingerprint density at radius 2 is 1.83 bits per heavy atom. The van der Waals surface area contributed by atoms with Crippen LogP contribution in [-0.2, 0) is 28.7 Å². The molecule has 48 heavy (non-hydrogen) atoms. The number of likely N-dealkylation sites (tertiary alicyclic amines) is 1. The standard InChI is InChI=1S/C38H47N3O7/c1-5-7-18-30(43)47-24-28(27-16-9-8-10-17-27)39-35(44)31-29-19-20-38(48-29)32(31)36(45)41(22-11-12-23-42)34(38)37(46)40(21-6-2)33-25(3)14-13-15-26(33)4/h5-6,8-10,13-17,28-29,31-32,34,42H,1-2,7,11-12,18-24H2,3-4H3,(H,39,44)/t28-,29-,31+,32+,34-,38+/m1/s1. The number of anilines is 1. The highest BCUT2D eigenvalue weighted by atomic mass is 16.5. The molecule has 2 bridgehead atoms. The minimum Gasteiger partial charge on any atom is -0.463 e. The molecule has 10 heteroatoms. The normalized spacial score (nSPS) is 24.6. The van der Waals surface area contributed by atoms with Crippen LogP contribution >= 0.6 is 0 Å². The van der Waals surface area contributed by atoms with Crippen molar-refractivity contribution >= 4 is 29.4 Å². The Bertz CT molecular complexity index is 1510. The fourth-order valence-corrected chi connectivity index (χ4v) is 7.81. The minimum atomic E-state index is -1.19. The second-order valence-electron chi connectivity index (χ2n) is 13.0. The minimum absolute atomic E-state index is 0.0388. The summed E-state index contributed by atoms with van der Waals surface area (Å²) in [4.78, 5) is 59.1. The number of hydrogen-bond acceptors (Lipinski definition) is 7. The molecule has 3 fully saturated rings. The van der Waals surface area contributed by atoms with Crippen LogP contribution in [0.15, 0.2) is 73.8 Å². The summed E-state index contributed by atoms with van der Waals surface area (Å²) >= 11 is 0. The largest absolute Gasteiger partial charge is 0.463 e. The third kappa shape index (κ3) is 6.69. The van der Waals surface area contributed by atoms with Crippen LogP contribution in [0.4, 0.5) is 5.69 Å². The molecule has 5 rings (SSSR count). The predicted molar refractivity (Wildman–Crippen MR) is 182 cm³/mol. The highest BCUT2D eigenvalue weighted by Gasteiger charge is 2.74. The number of nitrogens with one attached hydrogen (secondary N) is 1. The summed E-state index contributed by atoms with van der Waals surface area (Å²) in [7, 11) is 0. The second kappa shape index (κ2) is 15.3. The molecule has 1 spiro atoms. The first-order valence-electron chi connectivity index (χ1n) is 16.9. The monoisotopic (exact) mass is 657 g/mol. The summed E-state index contributed by atoms with van der Waals surface area (Å²) in [6.07, 6.45) is 5.37. The van der Waals surface area contributed by atoms with Gasteiger partial charge in [0.1, 0.15) is 18.2 Å². The van der Waals surface area contributed by atoms with E-state index in [-0.39, 0.29) is 50.4 Å². The van der Waals surface area contributed by atoms with Gasteiger partial charge in [-0.3, -0.25) is 19.2 Å². The number of carbonyl (C=O) groups is 4. The smallest absolute Gasteiger partial charge is 0.306 e. The highest BCUT2D eigenvalue weighted by Crippen LogP contribution is 2.59. The molecular formula is C38H47N3O7. The van der Waals surface area contributed by atoms with Crippen LogP contribution in [0.5, 0.6) is 0 Å². The number of rotatable bonds is 16. The lowest BCUT2D eigenvalue weighted by Crippen LogP contribution is -2.57. The Kier molecular flexibility index (Phi) is 11.2. The number of nitrogens with zero attached hydrogens (tertiary/aromatic N) is 2. The van der Waals surface area contributed by atoms with Gasteiger partial charge < -0.3 is 29.7 Å². The lowest BCUT2D eigenvalue weighted by atomic mass is 9.70. The molecule has 10 nitrogen and oxygen atoms in total. The number of para-hydroxylation sites is 1. The van der Waals surface area contributed by atoms with Crippen molar-refractivity contribution in [1.82, 2.24) is 10.2 Å². The van der Waals surface area contributed by atoms with Crippen molar-refractivity contribution in [3.8, 4) is 0 Å². The zero-order valence-electron chi connectivity index (χ0n) is 27.9. The molecular weight excluding hydrogens is 610 g/mol. The number of unbranched alkanes of at least 4 members (excludes halogenated alkanes) is 1. The van der Waals surface area contributed by atoms with Crippen molar-refractivity contribution in [1.29, 1.82) is 0 Å². The summed E-state index contributed by atoms with van der Waals surface area (Å²) in [6.45, 7) is 11.8. The summed E-state index contributed by atoms with van der Waals surface area (Å²) in [6, 6.07) is 13.5. The molecule has 3 heterocycles. The number of aryl methyl sites for hydroxylation is 2. The Morgan fingerprint density at radius 1 is 1.10 bits per heavy atom. The number of fused-ring (bicyclic) bond motifs is 1. The van der Waals surface area contributed by atoms with Gasteiger partial charge in [0.15, 0.2) is 0 Å². The van der Waals surface area contributed by atoms with Gasteiger partial charge >= 0.3 is 5.97 Å². The van der Waals surface area contributed by atoms with Crippen molar-refractivity contribution < 1.29 is 33.8 Å². The number of carbonyl (C=O) groups excluding carboxylic acids is 4. The van der Waals surface area contributed by atoms with E-state index in [0.717, 1.165) is 22.4 Å². The van der Waals surface area contributed by atoms with Gasteiger partial charge in [0.25, 0.3) is 5.91 Å². The number of esters is 1. The van der Waals surface area contributed by atoms with E-state index < -0.39 is 41.6 Å². The third-order valence-corrected chi connectivity index (χ3v) is 9.91. The molecule has 0 unspecified atom stereocenters. The summed E-state index contributed by atoms with van der Waals surface area (Å²) in [5, 5.41) is 12.6. The molecule has 3 saturated heterocycles. The van der Waals surface area contributed by atoms with E-state index in [1.165, 1.54) is 0 Å². The SMILES string of the molecule is C=CCCC(=O)OC[C@@H](NC(=O)[C@@H]1[C@H]2C(=O)N(CCCCO)[C@H](C(=O)N(CC=C)c3c(C)cccc3C)[C@]23CC[C@H]1O3)c1ccccc1. The van der Waals surface area contributed by atoms with Gasteiger partial charge in [-0.25, -0.2) is 0 Å². The Morgan fingerprint density at radius 3 is 2.50 bits per heavy atom. The van der Waals surface area contributed by atoms with Crippen LogP contribution in [0.1, 0.15) is 61.3 Å². The first-order chi connectivity index (χ1) is 23.2. The van der Waals surface area contributed by atoms with Crippen molar-refractivity contribution in [2.75, 3.05) is 31.2 Å². The highest BCUT2D eigenvalue weighted by molar-refractivity contribution is 6.05. The number of hydrogen-bond donors (Lipinski definition) is 2. The summed E-state index contributed by atoms with van der Waals surface area (Å²) in [5.41, 5.74) is 2.17. The van der Waals surface area contributed by atoms with Gasteiger partial charge in [-0.05, 0) is 62.6 Å². The van der Waals surface area contributed by atoms with Gasteiger partial charge in [0, 0.05) is 31.8 Å². The maximum absolute atomic E-state index is 14.8. The Labute approximate surface area is 282 Å². The molecule has 256 valence electrons. The lowest BCUT2D eigenvalue weighted by Gasteiger charge is -2.37. The third-order valence-electron chi connectivity index (χ3n) is 9.91. The van der Waals surface area contributed by atoms with E-state index in [0.29, 0.717) is 32.1 Å². The molecule has 2 aromatic rings. The zero-order chi connectivity index (χ0) is 34.4. The maximum Gasteiger partial charge on any atom is 0.306 e. The molecule has 0 aromatic heterocycles. The van der Waals surface area contributed by atoms with Crippen molar-refractivity contribution in [3.63, 3.8) is 0 Å². The van der Waals surface area contributed by atoms with E-state index >= 15 is 0 Å². The number of ether oxygens (including phenoxy) is 2. The predicted octanol–water partition coefficient (Wildman–Crippen LogP) is 4.34. The molecule has 3 aliphatic heterocycles. The number of benzene rings is 2. The van der Waals surface area contributed by atoms with Gasteiger partial charge in [0.05, 0.1) is 24.0 Å². The Hall–Kier alpha value is -4.28. The number of aliphatic hydroxyl groups is 1. The molecule has 2 N–H and O–H groups in total. The van der Waals surface area contributed by atoms with Crippen LogP contribution in [0.2, 0.25) is 0 Å². The van der Waals surface area contributed by atoms with E-state index in [1.807, 2.05) is 62.4 Å². The van der Waals surface area contributed by atoms with E-state index in [4.69, 9.17) is 9.47 Å². The van der Waals surface area contributed by atoms with Gasteiger partial charge in [-0.1, -0.05) is 60.7 Å². The summed E-state index contributed by atoms with van der Waals surface area (Å²) < 4.78 is 12.2. The first kappa shape index (κ1) is 35.0. The molecule has 0 aliphatic carbocycles. The molecule has 2 aromatic carbocycles. The second-order valence-corrected chi connectivity index (χ2v) is 13.0. The van der Waals surface area contributed by atoms with Crippen molar-refractivity contribution in [3.05, 3.63) is 90.5 Å². The topological polar surface area (TPSA) is 125 Å². The van der Waals surface area contributed by atoms with Crippen LogP contribution in [0, 0.1) is 25.7 Å². The van der Waals surface area contributed by atoms with Gasteiger partial charge in [-0.15, -0.1) is 13.2 Å². The van der Waals surface area contributed by atoms with Crippen molar-refractivity contribution in [2.45, 2.75) is 76.2 Å². The van der Waals surface area contributed by atoms with E-state index in [1.54, 1.807) is 22.0 Å². The average molecular weight is 658 g/mol. The molecule has 0 radical (unpaired) electrons. The average Bonchev–Trinajstić information content (AvgIpc) is 3.72. The van der Waals surface area contributed by atoms with Gasteiger partial charge in [0.2, 0.25) is 11.8 Å². The number of aliphatic hydroxyl groups excluding tert-OH is 1. The number of amides is 3. The lowest BCUT2D eigenvalue weighted by molar-refractivity contribution is -0.146. The van der Waals surface area contributed by atoms with Crippen LogP contribution in [0.25, 0.3) is 0 Å². The van der Waals surface area contributed by atoms with Crippen LogP contribution in [-0.4, -0.2) is 77.7 Å². The van der Waals surface area contributed by atoms with E-state index in [9.17, 15) is 24.3 Å². The Balaban J connectivity index is 1.47. The molecule has 3 amide bonds. The van der Waals surface area contributed by atoms with Crippen molar-refractivity contribution in [2.24, 2.45) is 11.8 Å². The quantitative estimate of drug-likeness (QED) is 0.156. The zero-order valence-corrected chi connectivity index (χ0v) is 27.9. The number of allylic oxidation sites excluding steroid dienone is 1. The fraction of sp³-hybridized carbons (Fsp3) is 0.474. The van der Waals surface area contributed by atoms with Crippen LogP contribution < -0.4 is 10.2 Å². The van der Waals surface area contributed by atoms with Gasteiger partial charge in [-0.2, -0.15) is 0 Å². The first-order valence-corrected chi connectivity index (χ1v) is 16.9. The molecule has 6 atom stereocenters. The maximum atomic E-state index is 14.8. The van der Waals surface area contributed by atoms with Crippen LogP contribution in [0.3, 0.4) is 0 Å². The molecule has 3 aliphatic rings. The summed E-state index contributed by atoms with van der Waals surface area (Å²) in [5.74, 6) is -3.04. The molecule has 0 saturated carbocycles.